The van der Waals surface area contributed by atoms with Crippen molar-refractivity contribution in [3.05, 3.63) is 23.8 Å². The SMILES string of the molecule is CCC1CCCCC1OC(=O)c1cccc(N)c1OC. The zero-order chi connectivity index (χ0) is 14.5. The minimum atomic E-state index is -0.334. The molecule has 20 heavy (non-hydrogen) atoms. The quantitative estimate of drug-likeness (QED) is 0.676. The minimum Gasteiger partial charge on any atom is -0.494 e. The number of carbonyl (C=O) groups excluding carboxylic acids is 1. The standard InChI is InChI=1S/C16H23NO3/c1-3-11-7-4-5-10-14(11)20-16(18)12-8-6-9-13(17)15(12)19-2/h6,8-9,11,14H,3-5,7,10,17H2,1-2H3. The summed E-state index contributed by atoms with van der Waals surface area (Å²) in [5.41, 5.74) is 6.69. The Bertz CT molecular complexity index is 473. The summed E-state index contributed by atoms with van der Waals surface area (Å²) in [6.07, 6.45) is 5.52. The highest BCUT2D eigenvalue weighted by Crippen LogP contribution is 2.32. The molecule has 2 N–H and O–H groups in total. The van der Waals surface area contributed by atoms with Gasteiger partial charge in [0.05, 0.1) is 12.8 Å². The zero-order valence-electron chi connectivity index (χ0n) is 12.2. The third kappa shape index (κ3) is 3.06. The number of hydrogen-bond acceptors (Lipinski definition) is 4. The van der Waals surface area contributed by atoms with Crippen molar-refractivity contribution < 1.29 is 14.3 Å². The van der Waals surface area contributed by atoms with Gasteiger partial charge in [-0.15, -0.1) is 0 Å². The molecule has 0 amide bonds. The molecule has 0 spiro atoms. The van der Waals surface area contributed by atoms with Gasteiger partial charge in [0, 0.05) is 0 Å². The fourth-order valence-corrected chi connectivity index (χ4v) is 2.94. The van der Waals surface area contributed by atoms with Gasteiger partial charge in [0.1, 0.15) is 11.7 Å². The number of carbonyl (C=O) groups is 1. The molecule has 0 bridgehead atoms. The fraction of sp³-hybridized carbons (Fsp3) is 0.562. The van der Waals surface area contributed by atoms with E-state index in [1.165, 1.54) is 13.5 Å². The summed E-state index contributed by atoms with van der Waals surface area (Å²) in [4.78, 5) is 12.3. The molecular formula is C16H23NO3. The van der Waals surface area contributed by atoms with Crippen LogP contribution in [0.5, 0.6) is 5.75 Å². The van der Waals surface area contributed by atoms with Gasteiger partial charge in [-0.05, 0) is 43.7 Å². The van der Waals surface area contributed by atoms with Gasteiger partial charge in [0.2, 0.25) is 0 Å². The first-order valence-electron chi connectivity index (χ1n) is 7.30. The predicted molar refractivity (Wildman–Crippen MR) is 78.9 cm³/mol. The van der Waals surface area contributed by atoms with E-state index in [1.807, 2.05) is 0 Å². The Balaban J connectivity index is 2.13. The Morgan fingerprint density at radius 2 is 2.10 bits per heavy atom. The second-order valence-corrected chi connectivity index (χ2v) is 5.32. The number of rotatable bonds is 4. The third-order valence-corrected chi connectivity index (χ3v) is 4.09. The van der Waals surface area contributed by atoms with Crippen molar-refractivity contribution in [3.8, 4) is 5.75 Å². The van der Waals surface area contributed by atoms with E-state index in [0.29, 0.717) is 22.9 Å². The zero-order valence-corrected chi connectivity index (χ0v) is 12.2. The third-order valence-electron chi connectivity index (χ3n) is 4.09. The van der Waals surface area contributed by atoms with Crippen LogP contribution in [0.25, 0.3) is 0 Å². The summed E-state index contributed by atoms with van der Waals surface area (Å²) < 4.78 is 10.9. The highest BCUT2D eigenvalue weighted by molar-refractivity contribution is 5.94. The topological polar surface area (TPSA) is 61.5 Å². The molecular weight excluding hydrogens is 254 g/mol. The number of para-hydroxylation sites is 1. The lowest BCUT2D eigenvalue weighted by atomic mass is 9.85. The molecule has 0 radical (unpaired) electrons. The first kappa shape index (κ1) is 14.7. The summed E-state index contributed by atoms with van der Waals surface area (Å²) in [5.74, 6) is 0.542. The number of hydrogen-bond donors (Lipinski definition) is 1. The van der Waals surface area contributed by atoms with Crippen molar-refractivity contribution >= 4 is 11.7 Å². The molecule has 0 aromatic heterocycles. The van der Waals surface area contributed by atoms with E-state index in [-0.39, 0.29) is 12.1 Å². The minimum absolute atomic E-state index is 0.0207. The first-order chi connectivity index (χ1) is 9.67. The molecule has 2 rings (SSSR count). The maximum atomic E-state index is 12.3. The van der Waals surface area contributed by atoms with Gasteiger partial charge < -0.3 is 15.2 Å². The molecule has 0 saturated heterocycles. The molecule has 1 aliphatic rings. The van der Waals surface area contributed by atoms with Crippen LogP contribution in [0.4, 0.5) is 5.69 Å². The molecule has 2 atom stereocenters. The van der Waals surface area contributed by atoms with Crippen LogP contribution in [0.15, 0.2) is 18.2 Å². The summed E-state index contributed by atoms with van der Waals surface area (Å²) in [7, 11) is 1.51. The van der Waals surface area contributed by atoms with Gasteiger partial charge in [0.25, 0.3) is 0 Å². The smallest absolute Gasteiger partial charge is 0.342 e. The highest BCUT2D eigenvalue weighted by Gasteiger charge is 2.28. The molecule has 0 aliphatic heterocycles. The van der Waals surface area contributed by atoms with E-state index in [2.05, 4.69) is 6.92 Å². The van der Waals surface area contributed by atoms with Gasteiger partial charge in [0.15, 0.2) is 5.75 Å². The van der Waals surface area contributed by atoms with E-state index >= 15 is 0 Å². The molecule has 1 aromatic rings. The molecule has 0 heterocycles. The Morgan fingerprint density at radius 3 is 2.80 bits per heavy atom. The molecule has 2 unspecified atom stereocenters. The van der Waals surface area contributed by atoms with Crippen molar-refractivity contribution in [1.82, 2.24) is 0 Å². The Labute approximate surface area is 120 Å². The maximum Gasteiger partial charge on any atom is 0.342 e. The number of esters is 1. The van der Waals surface area contributed by atoms with Gasteiger partial charge >= 0.3 is 5.97 Å². The number of benzene rings is 1. The lowest BCUT2D eigenvalue weighted by Gasteiger charge is -2.30. The monoisotopic (exact) mass is 277 g/mol. The maximum absolute atomic E-state index is 12.3. The molecule has 1 saturated carbocycles. The summed E-state index contributed by atoms with van der Waals surface area (Å²) >= 11 is 0. The van der Waals surface area contributed by atoms with Crippen LogP contribution in [0.1, 0.15) is 49.4 Å². The van der Waals surface area contributed by atoms with E-state index in [9.17, 15) is 4.79 Å². The summed E-state index contributed by atoms with van der Waals surface area (Å²) in [6.45, 7) is 2.15. The van der Waals surface area contributed by atoms with Crippen molar-refractivity contribution in [3.63, 3.8) is 0 Å². The molecule has 1 aromatic carbocycles. The lowest BCUT2D eigenvalue weighted by Crippen LogP contribution is -2.29. The summed E-state index contributed by atoms with van der Waals surface area (Å²) in [6, 6.07) is 5.15. The number of methoxy groups -OCH3 is 1. The van der Waals surface area contributed by atoms with Crippen LogP contribution >= 0.6 is 0 Å². The van der Waals surface area contributed by atoms with Crippen LogP contribution in [0.2, 0.25) is 0 Å². The van der Waals surface area contributed by atoms with E-state index < -0.39 is 0 Å². The van der Waals surface area contributed by atoms with Crippen molar-refractivity contribution in [2.24, 2.45) is 5.92 Å². The molecule has 1 fully saturated rings. The Hall–Kier alpha value is -1.71. The van der Waals surface area contributed by atoms with E-state index in [4.69, 9.17) is 15.2 Å². The molecule has 1 aliphatic carbocycles. The average molecular weight is 277 g/mol. The number of nitrogen functional groups attached to an aromatic ring is 1. The van der Waals surface area contributed by atoms with Crippen LogP contribution in [0, 0.1) is 5.92 Å². The Kier molecular flexibility index (Phi) is 4.88. The first-order valence-corrected chi connectivity index (χ1v) is 7.30. The van der Waals surface area contributed by atoms with Gasteiger partial charge in [-0.25, -0.2) is 4.79 Å². The van der Waals surface area contributed by atoms with Crippen molar-refractivity contribution in [2.45, 2.75) is 45.1 Å². The van der Waals surface area contributed by atoms with E-state index in [1.54, 1.807) is 18.2 Å². The highest BCUT2D eigenvalue weighted by atomic mass is 16.5. The average Bonchev–Trinajstić information content (AvgIpc) is 2.47. The number of ether oxygens (including phenoxy) is 2. The number of nitrogens with two attached hydrogens (primary N) is 1. The van der Waals surface area contributed by atoms with Gasteiger partial charge in [-0.1, -0.05) is 19.4 Å². The fourth-order valence-electron chi connectivity index (χ4n) is 2.94. The second kappa shape index (κ2) is 6.64. The van der Waals surface area contributed by atoms with Gasteiger partial charge in [-0.3, -0.25) is 0 Å². The molecule has 4 heteroatoms. The van der Waals surface area contributed by atoms with Crippen LogP contribution in [-0.2, 0) is 4.74 Å². The second-order valence-electron chi connectivity index (χ2n) is 5.32. The van der Waals surface area contributed by atoms with Gasteiger partial charge in [-0.2, -0.15) is 0 Å². The van der Waals surface area contributed by atoms with Crippen LogP contribution < -0.4 is 10.5 Å². The molecule has 4 nitrogen and oxygen atoms in total. The summed E-state index contributed by atoms with van der Waals surface area (Å²) in [5, 5.41) is 0. The largest absolute Gasteiger partial charge is 0.494 e. The van der Waals surface area contributed by atoms with Crippen molar-refractivity contribution in [2.75, 3.05) is 12.8 Å². The lowest BCUT2D eigenvalue weighted by molar-refractivity contribution is 0.000452. The predicted octanol–water partition coefficient (Wildman–Crippen LogP) is 3.40. The van der Waals surface area contributed by atoms with Crippen LogP contribution in [-0.4, -0.2) is 19.2 Å². The normalized spacial score (nSPS) is 22.3. The number of anilines is 1. The van der Waals surface area contributed by atoms with Crippen molar-refractivity contribution in [1.29, 1.82) is 0 Å². The molecule has 110 valence electrons. The Morgan fingerprint density at radius 1 is 1.35 bits per heavy atom. The van der Waals surface area contributed by atoms with Crippen LogP contribution in [0.3, 0.4) is 0 Å². The van der Waals surface area contributed by atoms with E-state index in [0.717, 1.165) is 25.7 Å².